The van der Waals surface area contributed by atoms with E-state index >= 15 is 0 Å². The van der Waals surface area contributed by atoms with Gasteiger partial charge >= 0.3 is 6.09 Å². The summed E-state index contributed by atoms with van der Waals surface area (Å²) in [6, 6.07) is 0.627. The molecule has 6 heteroatoms. The lowest BCUT2D eigenvalue weighted by molar-refractivity contribution is 0.00931. The van der Waals surface area contributed by atoms with Crippen LogP contribution in [0.15, 0.2) is 10.9 Å². The third-order valence-corrected chi connectivity index (χ3v) is 4.19. The molecule has 0 aliphatic carbocycles. The van der Waals surface area contributed by atoms with Crippen LogP contribution in [-0.2, 0) is 11.3 Å². The van der Waals surface area contributed by atoms with Gasteiger partial charge in [-0.15, -0.1) is 11.3 Å². The van der Waals surface area contributed by atoms with Crippen LogP contribution in [0.2, 0.25) is 0 Å². The molecule has 5 nitrogen and oxygen atoms in total. The second-order valence-electron chi connectivity index (χ2n) is 6.60. The number of nitrogens with one attached hydrogen (secondary N) is 1. The minimum Gasteiger partial charge on any atom is -0.444 e. The van der Waals surface area contributed by atoms with Crippen molar-refractivity contribution in [2.24, 2.45) is 0 Å². The van der Waals surface area contributed by atoms with Crippen molar-refractivity contribution in [1.29, 1.82) is 0 Å². The first-order chi connectivity index (χ1) is 9.85. The van der Waals surface area contributed by atoms with Gasteiger partial charge < -0.3 is 15.0 Å². The minimum atomic E-state index is -0.434. The van der Waals surface area contributed by atoms with Gasteiger partial charge in [0.2, 0.25) is 0 Å². The van der Waals surface area contributed by atoms with Gasteiger partial charge in [0, 0.05) is 30.6 Å². The van der Waals surface area contributed by atoms with Crippen LogP contribution in [-0.4, -0.2) is 40.2 Å². The molecule has 1 aromatic rings. The van der Waals surface area contributed by atoms with E-state index in [-0.39, 0.29) is 12.1 Å². The van der Waals surface area contributed by atoms with E-state index in [2.05, 4.69) is 22.6 Å². The van der Waals surface area contributed by atoms with E-state index in [9.17, 15) is 4.79 Å². The molecule has 1 saturated heterocycles. The van der Waals surface area contributed by atoms with Crippen LogP contribution in [0.5, 0.6) is 0 Å². The Hall–Kier alpha value is -1.14. The van der Waals surface area contributed by atoms with Crippen LogP contribution in [0.3, 0.4) is 0 Å². The highest BCUT2D eigenvalue weighted by Crippen LogP contribution is 2.20. The number of hydrogen-bond acceptors (Lipinski definition) is 5. The molecule has 118 valence electrons. The Morgan fingerprint density at radius 3 is 2.90 bits per heavy atom. The summed E-state index contributed by atoms with van der Waals surface area (Å²) in [6.45, 7) is 9.33. The molecule has 0 saturated carbocycles. The predicted molar refractivity (Wildman–Crippen MR) is 84.4 cm³/mol. The number of thiazole rings is 1. The van der Waals surface area contributed by atoms with E-state index in [1.54, 1.807) is 11.3 Å². The van der Waals surface area contributed by atoms with Crippen molar-refractivity contribution < 1.29 is 9.53 Å². The molecule has 21 heavy (non-hydrogen) atoms. The van der Waals surface area contributed by atoms with Crippen LogP contribution >= 0.6 is 11.3 Å². The van der Waals surface area contributed by atoms with Gasteiger partial charge in [0.05, 0.1) is 11.2 Å². The molecule has 0 bridgehead atoms. The topological polar surface area (TPSA) is 54.5 Å². The SMILES string of the molecule is CC1CC(NCc2cscn2)CCN1C(=O)OC(C)(C)C. The third kappa shape index (κ3) is 4.97. The molecular formula is C15H25N3O2S. The molecule has 0 aromatic carbocycles. The quantitative estimate of drug-likeness (QED) is 0.932. The van der Waals surface area contributed by atoms with Crippen LogP contribution < -0.4 is 5.32 Å². The third-order valence-electron chi connectivity index (χ3n) is 3.56. The van der Waals surface area contributed by atoms with Gasteiger partial charge in [-0.1, -0.05) is 0 Å². The van der Waals surface area contributed by atoms with Gasteiger partial charge in [-0.3, -0.25) is 0 Å². The van der Waals surface area contributed by atoms with E-state index in [4.69, 9.17) is 4.74 Å². The number of carbonyl (C=O) groups excluding carboxylic acids is 1. The number of likely N-dealkylation sites (tertiary alicyclic amines) is 1. The van der Waals surface area contributed by atoms with E-state index < -0.39 is 5.60 Å². The fraction of sp³-hybridized carbons (Fsp3) is 0.733. The molecule has 2 rings (SSSR count). The Morgan fingerprint density at radius 1 is 1.57 bits per heavy atom. The zero-order valence-corrected chi connectivity index (χ0v) is 14.1. The summed E-state index contributed by atoms with van der Waals surface area (Å²) in [5, 5.41) is 5.59. The van der Waals surface area contributed by atoms with Gasteiger partial charge in [0.25, 0.3) is 0 Å². The Kier molecular flexibility index (Phi) is 5.22. The number of ether oxygens (including phenoxy) is 1. The van der Waals surface area contributed by atoms with Crippen molar-refractivity contribution in [3.63, 3.8) is 0 Å². The highest BCUT2D eigenvalue weighted by molar-refractivity contribution is 7.07. The molecular weight excluding hydrogens is 286 g/mol. The lowest BCUT2D eigenvalue weighted by atomic mass is 9.98. The first kappa shape index (κ1) is 16.2. The van der Waals surface area contributed by atoms with E-state index in [0.29, 0.717) is 6.04 Å². The molecule has 1 aliphatic rings. The molecule has 0 radical (unpaired) electrons. The molecule has 1 amide bonds. The Balaban J connectivity index is 1.80. The highest BCUT2D eigenvalue weighted by Gasteiger charge is 2.31. The van der Waals surface area contributed by atoms with Crippen LogP contribution in [0.4, 0.5) is 4.79 Å². The molecule has 1 fully saturated rings. The lowest BCUT2D eigenvalue weighted by Crippen LogP contribution is -2.50. The first-order valence-corrected chi connectivity index (χ1v) is 8.39. The molecule has 2 heterocycles. The number of rotatable bonds is 3. The smallest absolute Gasteiger partial charge is 0.410 e. The number of carbonyl (C=O) groups is 1. The summed E-state index contributed by atoms with van der Waals surface area (Å²) in [6.07, 6.45) is 1.70. The van der Waals surface area contributed by atoms with Crippen molar-refractivity contribution in [1.82, 2.24) is 15.2 Å². The summed E-state index contributed by atoms with van der Waals surface area (Å²) >= 11 is 1.62. The van der Waals surface area contributed by atoms with Crippen LogP contribution in [0.1, 0.15) is 46.2 Å². The molecule has 2 unspecified atom stereocenters. The minimum absolute atomic E-state index is 0.196. The number of piperidine rings is 1. The van der Waals surface area contributed by atoms with E-state index in [1.807, 2.05) is 31.2 Å². The molecule has 2 atom stereocenters. The fourth-order valence-electron chi connectivity index (χ4n) is 2.52. The number of amides is 1. The monoisotopic (exact) mass is 311 g/mol. The normalized spacial score (nSPS) is 23.1. The zero-order valence-electron chi connectivity index (χ0n) is 13.3. The van der Waals surface area contributed by atoms with Crippen molar-refractivity contribution in [3.05, 3.63) is 16.6 Å². The van der Waals surface area contributed by atoms with Gasteiger partial charge in [0.15, 0.2) is 0 Å². The number of hydrogen-bond donors (Lipinski definition) is 1. The fourth-order valence-corrected chi connectivity index (χ4v) is 3.08. The van der Waals surface area contributed by atoms with Gasteiger partial charge in [-0.05, 0) is 40.5 Å². The number of aromatic nitrogens is 1. The molecule has 1 N–H and O–H groups in total. The Bertz CT molecular complexity index is 456. The van der Waals surface area contributed by atoms with Crippen LogP contribution in [0, 0.1) is 0 Å². The maximum absolute atomic E-state index is 12.2. The lowest BCUT2D eigenvalue weighted by Gasteiger charge is -2.38. The van der Waals surface area contributed by atoms with Gasteiger partial charge in [0.1, 0.15) is 5.60 Å². The van der Waals surface area contributed by atoms with Crippen LogP contribution in [0.25, 0.3) is 0 Å². The first-order valence-electron chi connectivity index (χ1n) is 7.45. The van der Waals surface area contributed by atoms with Gasteiger partial charge in [-0.25, -0.2) is 9.78 Å². The summed E-state index contributed by atoms with van der Waals surface area (Å²) in [5.74, 6) is 0. The maximum atomic E-state index is 12.2. The van der Waals surface area contributed by atoms with Crippen molar-refractivity contribution in [3.8, 4) is 0 Å². The predicted octanol–water partition coefficient (Wildman–Crippen LogP) is 3.02. The van der Waals surface area contributed by atoms with Crippen molar-refractivity contribution >= 4 is 17.4 Å². The van der Waals surface area contributed by atoms with Gasteiger partial charge in [-0.2, -0.15) is 0 Å². The largest absolute Gasteiger partial charge is 0.444 e. The summed E-state index contributed by atoms with van der Waals surface area (Å²) in [4.78, 5) is 18.3. The second kappa shape index (κ2) is 6.75. The Morgan fingerprint density at radius 2 is 2.33 bits per heavy atom. The van der Waals surface area contributed by atoms with Crippen molar-refractivity contribution in [2.75, 3.05) is 6.54 Å². The average molecular weight is 311 g/mol. The molecule has 1 aromatic heterocycles. The standard InChI is InChI=1S/C15H25N3O2S/c1-11-7-12(16-8-13-9-21-10-17-13)5-6-18(11)14(19)20-15(2,3)4/h9-12,16H,5-8H2,1-4H3. The highest BCUT2D eigenvalue weighted by atomic mass is 32.1. The summed E-state index contributed by atoms with van der Waals surface area (Å²) in [7, 11) is 0. The van der Waals surface area contributed by atoms with E-state index in [1.165, 1.54) is 0 Å². The zero-order chi connectivity index (χ0) is 15.5. The Labute approximate surface area is 130 Å². The summed E-state index contributed by atoms with van der Waals surface area (Å²) < 4.78 is 5.46. The average Bonchev–Trinajstić information content (AvgIpc) is 2.87. The van der Waals surface area contributed by atoms with Crippen molar-refractivity contribution in [2.45, 2.75) is 64.8 Å². The van der Waals surface area contributed by atoms with E-state index in [0.717, 1.165) is 31.6 Å². The second-order valence-corrected chi connectivity index (χ2v) is 7.32. The summed E-state index contributed by atoms with van der Waals surface area (Å²) in [5.41, 5.74) is 2.50. The molecule has 1 aliphatic heterocycles. The number of nitrogens with zero attached hydrogens (tertiary/aromatic N) is 2. The molecule has 0 spiro atoms. The maximum Gasteiger partial charge on any atom is 0.410 e.